The van der Waals surface area contributed by atoms with Crippen LogP contribution in [0.3, 0.4) is 0 Å². The Balaban J connectivity index is 1.72. The molecule has 1 fully saturated rings. The Bertz CT molecular complexity index is 872. The lowest BCUT2D eigenvalue weighted by Gasteiger charge is -2.32. The fraction of sp³-hybridized carbons (Fsp3) is 0.333. The zero-order chi connectivity index (χ0) is 20.1. The van der Waals surface area contributed by atoms with Crippen molar-refractivity contribution >= 4 is 29.2 Å². The van der Waals surface area contributed by atoms with Crippen LogP contribution in [0.15, 0.2) is 42.5 Å². The SMILES string of the molecule is CNC(=O)N1CCCC(c2cccc(C(=O)Nc3ccc(OC)c(Cl)c3)c2)C1. The fourth-order valence-corrected chi connectivity index (χ4v) is 3.73. The highest BCUT2D eigenvalue weighted by Gasteiger charge is 2.24. The second kappa shape index (κ2) is 8.97. The van der Waals surface area contributed by atoms with E-state index < -0.39 is 0 Å². The van der Waals surface area contributed by atoms with Gasteiger partial charge in [-0.05, 0) is 48.7 Å². The van der Waals surface area contributed by atoms with Crippen LogP contribution < -0.4 is 15.4 Å². The number of likely N-dealkylation sites (tertiary alicyclic amines) is 1. The van der Waals surface area contributed by atoms with Crippen LogP contribution in [-0.4, -0.2) is 44.1 Å². The Hall–Kier alpha value is -2.73. The van der Waals surface area contributed by atoms with Crippen molar-refractivity contribution in [3.8, 4) is 5.75 Å². The molecule has 7 heteroatoms. The smallest absolute Gasteiger partial charge is 0.317 e. The summed E-state index contributed by atoms with van der Waals surface area (Å²) in [6.45, 7) is 1.41. The summed E-state index contributed by atoms with van der Waals surface area (Å²) in [7, 11) is 3.18. The van der Waals surface area contributed by atoms with Crippen molar-refractivity contribution in [1.82, 2.24) is 10.2 Å². The molecule has 1 atom stereocenters. The van der Waals surface area contributed by atoms with Gasteiger partial charge in [0.1, 0.15) is 5.75 Å². The largest absolute Gasteiger partial charge is 0.495 e. The standard InChI is InChI=1S/C21H24ClN3O3/c1-23-21(27)25-10-4-7-16(13-25)14-5-3-6-15(11-14)20(26)24-17-8-9-19(28-2)18(22)12-17/h3,5-6,8-9,11-12,16H,4,7,10,13H2,1-2H3,(H,23,27)(H,24,26). The Kier molecular flexibility index (Phi) is 6.41. The minimum Gasteiger partial charge on any atom is -0.495 e. The van der Waals surface area contributed by atoms with Crippen LogP contribution in [0.25, 0.3) is 0 Å². The summed E-state index contributed by atoms with van der Waals surface area (Å²) < 4.78 is 5.13. The van der Waals surface area contributed by atoms with Gasteiger partial charge >= 0.3 is 6.03 Å². The number of ether oxygens (including phenoxy) is 1. The first-order valence-corrected chi connectivity index (χ1v) is 9.61. The van der Waals surface area contributed by atoms with Gasteiger partial charge in [-0.3, -0.25) is 4.79 Å². The minimum absolute atomic E-state index is 0.0602. The van der Waals surface area contributed by atoms with E-state index >= 15 is 0 Å². The number of carbonyl (C=O) groups excluding carboxylic acids is 2. The van der Waals surface area contributed by atoms with Gasteiger partial charge in [-0.2, -0.15) is 0 Å². The number of rotatable bonds is 4. The highest BCUT2D eigenvalue weighted by Crippen LogP contribution is 2.29. The number of amides is 3. The third kappa shape index (κ3) is 4.57. The number of benzene rings is 2. The number of urea groups is 1. The van der Waals surface area contributed by atoms with Crippen molar-refractivity contribution in [3.63, 3.8) is 0 Å². The van der Waals surface area contributed by atoms with Crippen LogP contribution in [0, 0.1) is 0 Å². The summed E-state index contributed by atoms with van der Waals surface area (Å²) in [5.74, 6) is 0.566. The average molecular weight is 402 g/mol. The predicted octanol–water partition coefficient (Wildman–Crippen LogP) is 4.12. The number of methoxy groups -OCH3 is 1. The highest BCUT2D eigenvalue weighted by molar-refractivity contribution is 6.32. The average Bonchev–Trinajstić information content (AvgIpc) is 2.73. The zero-order valence-corrected chi connectivity index (χ0v) is 16.8. The number of halogens is 1. The molecule has 1 aliphatic heterocycles. The molecule has 2 aromatic carbocycles. The molecule has 0 radical (unpaired) electrons. The molecular formula is C21H24ClN3O3. The lowest BCUT2D eigenvalue weighted by molar-refractivity contribution is 0.102. The van der Waals surface area contributed by atoms with Crippen molar-refractivity contribution in [2.24, 2.45) is 0 Å². The number of hydrogen-bond donors (Lipinski definition) is 2. The van der Waals surface area contributed by atoms with Crippen molar-refractivity contribution in [2.75, 3.05) is 32.6 Å². The molecule has 2 N–H and O–H groups in total. The molecule has 1 unspecified atom stereocenters. The van der Waals surface area contributed by atoms with Crippen LogP contribution in [0.2, 0.25) is 5.02 Å². The summed E-state index contributed by atoms with van der Waals surface area (Å²) in [6, 6.07) is 12.6. The zero-order valence-electron chi connectivity index (χ0n) is 16.0. The van der Waals surface area contributed by atoms with Gasteiger partial charge in [-0.25, -0.2) is 4.79 Å². The van der Waals surface area contributed by atoms with Crippen LogP contribution in [0.5, 0.6) is 5.75 Å². The number of anilines is 1. The first-order chi connectivity index (χ1) is 13.5. The first kappa shape index (κ1) is 20.0. The van der Waals surface area contributed by atoms with Crippen LogP contribution >= 0.6 is 11.6 Å². The van der Waals surface area contributed by atoms with Gasteiger partial charge in [0, 0.05) is 37.3 Å². The number of hydrogen-bond acceptors (Lipinski definition) is 3. The molecule has 3 amide bonds. The van der Waals surface area contributed by atoms with Gasteiger partial charge in [-0.15, -0.1) is 0 Å². The van der Waals surface area contributed by atoms with Crippen molar-refractivity contribution in [3.05, 3.63) is 58.6 Å². The number of nitrogens with zero attached hydrogens (tertiary/aromatic N) is 1. The van der Waals surface area contributed by atoms with E-state index in [2.05, 4.69) is 10.6 Å². The fourth-order valence-electron chi connectivity index (χ4n) is 3.47. The molecule has 0 bridgehead atoms. The van der Waals surface area contributed by atoms with E-state index in [0.29, 0.717) is 28.6 Å². The lowest BCUT2D eigenvalue weighted by Crippen LogP contribution is -2.43. The maximum atomic E-state index is 12.7. The maximum Gasteiger partial charge on any atom is 0.317 e. The van der Waals surface area contributed by atoms with E-state index in [9.17, 15) is 9.59 Å². The Morgan fingerprint density at radius 2 is 2.04 bits per heavy atom. The maximum absolute atomic E-state index is 12.7. The predicted molar refractivity (Wildman–Crippen MR) is 110 cm³/mol. The van der Waals surface area contributed by atoms with Gasteiger partial charge < -0.3 is 20.3 Å². The summed E-state index contributed by atoms with van der Waals surface area (Å²) in [5, 5.41) is 5.98. The van der Waals surface area contributed by atoms with Crippen molar-refractivity contribution in [2.45, 2.75) is 18.8 Å². The second-order valence-electron chi connectivity index (χ2n) is 6.77. The van der Waals surface area contributed by atoms with E-state index in [1.807, 2.05) is 23.1 Å². The minimum atomic E-state index is -0.206. The summed E-state index contributed by atoms with van der Waals surface area (Å²) in [4.78, 5) is 26.4. The number of carbonyl (C=O) groups is 2. The molecule has 0 spiro atoms. The highest BCUT2D eigenvalue weighted by atomic mass is 35.5. The second-order valence-corrected chi connectivity index (χ2v) is 7.18. The molecule has 1 saturated heterocycles. The molecule has 0 aromatic heterocycles. The Morgan fingerprint density at radius 3 is 2.75 bits per heavy atom. The molecule has 28 heavy (non-hydrogen) atoms. The molecule has 6 nitrogen and oxygen atoms in total. The molecule has 1 heterocycles. The number of nitrogens with one attached hydrogen (secondary N) is 2. The van der Waals surface area contributed by atoms with E-state index in [1.54, 1.807) is 38.4 Å². The van der Waals surface area contributed by atoms with Crippen LogP contribution in [-0.2, 0) is 0 Å². The summed E-state index contributed by atoms with van der Waals surface area (Å²) in [6.07, 6.45) is 1.94. The first-order valence-electron chi connectivity index (χ1n) is 9.23. The molecule has 3 rings (SSSR count). The monoisotopic (exact) mass is 401 g/mol. The lowest BCUT2D eigenvalue weighted by atomic mass is 9.89. The third-order valence-corrected chi connectivity index (χ3v) is 5.25. The van der Waals surface area contributed by atoms with Crippen molar-refractivity contribution < 1.29 is 14.3 Å². The van der Waals surface area contributed by atoms with Crippen LogP contribution in [0.4, 0.5) is 10.5 Å². The van der Waals surface area contributed by atoms with Gasteiger partial charge in [0.2, 0.25) is 0 Å². The molecule has 148 valence electrons. The molecular weight excluding hydrogens is 378 g/mol. The van der Waals surface area contributed by atoms with Gasteiger partial charge in [0.05, 0.1) is 12.1 Å². The Labute approximate surface area is 169 Å². The van der Waals surface area contributed by atoms with Gasteiger partial charge in [-0.1, -0.05) is 23.7 Å². The Morgan fingerprint density at radius 1 is 1.21 bits per heavy atom. The molecule has 1 aliphatic rings. The van der Waals surface area contributed by atoms with Crippen molar-refractivity contribution in [1.29, 1.82) is 0 Å². The molecule has 0 saturated carbocycles. The van der Waals surface area contributed by atoms with Gasteiger partial charge in [0.15, 0.2) is 0 Å². The van der Waals surface area contributed by atoms with E-state index in [1.165, 1.54) is 0 Å². The van der Waals surface area contributed by atoms with E-state index in [4.69, 9.17) is 16.3 Å². The number of piperidine rings is 1. The summed E-state index contributed by atoms with van der Waals surface area (Å²) >= 11 is 6.12. The topological polar surface area (TPSA) is 70.7 Å². The molecule has 0 aliphatic carbocycles. The van der Waals surface area contributed by atoms with E-state index in [-0.39, 0.29) is 17.9 Å². The summed E-state index contributed by atoms with van der Waals surface area (Å²) in [5.41, 5.74) is 2.24. The van der Waals surface area contributed by atoms with Crippen LogP contribution in [0.1, 0.15) is 34.7 Å². The molecule has 2 aromatic rings. The normalized spacial score (nSPS) is 16.4. The third-order valence-electron chi connectivity index (χ3n) is 4.95. The van der Waals surface area contributed by atoms with E-state index in [0.717, 1.165) is 24.9 Å². The quantitative estimate of drug-likeness (QED) is 0.809. The van der Waals surface area contributed by atoms with Gasteiger partial charge in [0.25, 0.3) is 5.91 Å².